The fourth-order valence-electron chi connectivity index (χ4n) is 11.4. The lowest BCUT2D eigenvalue weighted by atomic mass is 10.1. The number of fused-ring (bicyclic) bond motifs is 11. The second-order valence-electron chi connectivity index (χ2n) is 17.5. The summed E-state index contributed by atoms with van der Waals surface area (Å²) in [6, 6.07) is 91.1. The Morgan fingerprint density at radius 3 is 1.25 bits per heavy atom. The Morgan fingerprint density at radius 1 is 0.299 bits per heavy atom. The third kappa shape index (κ3) is 5.33. The van der Waals surface area contributed by atoms with Gasteiger partial charge in [-0.3, -0.25) is 8.97 Å². The first-order valence-corrected chi connectivity index (χ1v) is 25.0. The number of hydrogen-bond acceptors (Lipinski definition) is 1. The molecule has 314 valence electrons. The molecule has 14 aromatic rings. The van der Waals surface area contributed by atoms with Crippen LogP contribution in [0.15, 0.2) is 249 Å². The van der Waals surface area contributed by atoms with Crippen LogP contribution in [0.2, 0.25) is 0 Å². The van der Waals surface area contributed by atoms with E-state index in [0.717, 1.165) is 55.9 Å². The monoisotopic (exact) mass is 871 g/mol. The Labute approximate surface area is 387 Å². The maximum absolute atomic E-state index is 5.81. The SMILES string of the molecule is c1ccc([Si](c2ccccc2)(c2ccccc2)c2cccc3c2nc2n(-c4ccc5c(c4)c4ccccc4n5-c4ccccc4-n4c5ccccc5c5ccccc54)c4ccccc4n32)cc1. The van der Waals surface area contributed by atoms with Gasteiger partial charge in [-0.05, 0) is 87.5 Å². The Kier molecular flexibility index (Phi) is 8.23. The number of hydrogen-bond donors (Lipinski definition) is 0. The maximum atomic E-state index is 5.81. The van der Waals surface area contributed by atoms with Crippen molar-refractivity contribution >= 4 is 100 Å². The molecule has 0 saturated carbocycles. The summed E-state index contributed by atoms with van der Waals surface area (Å²) in [4.78, 5) is 5.81. The van der Waals surface area contributed by atoms with E-state index in [1.807, 2.05) is 0 Å². The van der Waals surface area contributed by atoms with Crippen molar-refractivity contribution in [2.75, 3.05) is 0 Å². The Balaban J connectivity index is 1.03. The van der Waals surface area contributed by atoms with Gasteiger partial charge in [-0.1, -0.05) is 182 Å². The fourth-order valence-corrected chi connectivity index (χ4v) is 16.3. The van der Waals surface area contributed by atoms with E-state index in [0.29, 0.717) is 0 Å². The summed E-state index contributed by atoms with van der Waals surface area (Å²) in [5, 5.41) is 10.1. The van der Waals surface area contributed by atoms with Crippen LogP contribution in [-0.4, -0.2) is 31.2 Å². The van der Waals surface area contributed by atoms with Gasteiger partial charge in [0.05, 0.1) is 55.5 Å². The minimum atomic E-state index is -2.91. The normalized spacial score (nSPS) is 12.2. The van der Waals surface area contributed by atoms with Crippen LogP contribution in [0.25, 0.3) is 88.5 Å². The summed E-state index contributed by atoms with van der Waals surface area (Å²) in [5.74, 6) is 0.889. The lowest BCUT2D eigenvalue weighted by molar-refractivity contribution is 1.09. The first-order chi connectivity index (χ1) is 33.3. The second-order valence-corrected chi connectivity index (χ2v) is 21.3. The molecule has 4 aromatic heterocycles. The van der Waals surface area contributed by atoms with E-state index >= 15 is 0 Å². The zero-order valence-corrected chi connectivity index (χ0v) is 37.4. The van der Waals surface area contributed by atoms with Gasteiger partial charge < -0.3 is 9.13 Å². The number of aromatic nitrogens is 5. The zero-order chi connectivity index (χ0) is 44.1. The highest BCUT2D eigenvalue weighted by atomic mass is 28.3. The van der Waals surface area contributed by atoms with Crippen LogP contribution < -0.4 is 20.7 Å². The summed E-state index contributed by atoms with van der Waals surface area (Å²) >= 11 is 0. The average Bonchev–Trinajstić information content (AvgIpc) is 4.14. The van der Waals surface area contributed by atoms with Gasteiger partial charge in [0.2, 0.25) is 5.78 Å². The molecule has 0 aliphatic rings. The highest BCUT2D eigenvalue weighted by molar-refractivity contribution is 7.20. The smallest absolute Gasteiger partial charge is 0.220 e. The largest absolute Gasteiger partial charge is 0.307 e. The molecule has 0 N–H and O–H groups in total. The van der Waals surface area contributed by atoms with E-state index in [1.165, 1.54) is 53.3 Å². The predicted molar refractivity (Wildman–Crippen MR) is 282 cm³/mol. The van der Waals surface area contributed by atoms with E-state index in [4.69, 9.17) is 4.98 Å². The van der Waals surface area contributed by atoms with Gasteiger partial charge in [-0.2, -0.15) is 0 Å². The third-order valence-corrected chi connectivity index (χ3v) is 18.9. The van der Waals surface area contributed by atoms with Crippen LogP contribution in [0, 0.1) is 0 Å². The van der Waals surface area contributed by atoms with Crippen molar-refractivity contribution in [1.82, 2.24) is 23.1 Å². The van der Waals surface area contributed by atoms with Crippen LogP contribution in [0.5, 0.6) is 0 Å². The molecule has 5 nitrogen and oxygen atoms in total. The van der Waals surface area contributed by atoms with Gasteiger partial charge in [0.1, 0.15) is 0 Å². The molecule has 0 aliphatic carbocycles. The summed E-state index contributed by atoms with van der Waals surface area (Å²) in [5.41, 5.74) is 12.3. The van der Waals surface area contributed by atoms with Gasteiger partial charge in [0.15, 0.2) is 8.07 Å². The molecule has 0 amide bonds. The molecule has 0 fully saturated rings. The quantitative estimate of drug-likeness (QED) is 0.116. The van der Waals surface area contributed by atoms with E-state index in [-0.39, 0.29) is 0 Å². The summed E-state index contributed by atoms with van der Waals surface area (Å²) in [6.07, 6.45) is 0. The van der Waals surface area contributed by atoms with Crippen LogP contribution in [0.1, 0.15) is 0 Å². The van der Waals surface area contributed by atoms with Gasteiger partial charge >= 0.3 is 0 Å². The highest BCUT2D eigenvalue weighted by Gasteiger charge is 2.43. The molecule has 0 aliphatic heterocycles. The number of nitrogens with zero attached hydrogens (tertiary/aromatic N) is 5. The Morgan fingerprint density at radius 2 is 0.716 bits per heavy atom. The van der Waals surface area contributed by atoms with Crippen molar-refractivity contribution in [2.24, 2.45) is 0 Å². The summed E-state index contributed by atoms with van der Waals surface area (Å²) in [6.45, 7) is 0. The molecular formula is C61H41N5Si. The first kappa shape index (κ1) is 37.6. The van der Waals surface area contributed by atoms with Gasteiger partial charge in [-0.25, -0.2) is 4.98 Å². The van der Waals surface area contributed by atoms with Crippen molar-refractivity contribution in [3.63, 3.8) is 0 Å². The molecule has 0 unspecified atom stereocenters. The highest BCUT2D eigenvalue weighted by Crippen LogP contribution is 2.39. The molecule has 67 heavy (non-hydrogen) atoms. The first-order valence-electron chi connectivity index (χ1n) is 23.0. The van der Waals surface area contributed by atoms with Crippen molar-refractivity contribution in [3.05, 3.63) is 249 Å². The van der Waals surface area contributed by atoms with Crippen molar-refractivity contribution in [1.29, 1.82) is 0 Å². The average molecular weight is 872 g/mol. The molecule has 0 spiro atoms. The van der Waals surface area contributed by atoms with E-state index in [1.54, 1.807) is 0 Å². The molecule has 0 bridgehead atoms. The molecule has 6 heteroatoms. The van der Waals surface area contributed by atoms with Crippen LogP contribution >= 0.6 is 0 Å². The molecule has 0 radical (unpaired) electrons. The zero-order valence-electron chi connectivity index (χ0n) is 36.4. The fraction of sp³-hybridized carbons (Fsp3) is 0. The van der Waals surface area contributed by atoms with Gasteiger partial charge in [0.25, 0.3) is 0 Å². The Bertz CT molecular complexity index is 4070. The molecular weight excluding hydrogens is 831 g/mol. The number of imidazole rings is 2. The lowest BCUT2D eigenvalue weighted by Gasteiger charge is -2.34. The van der Waals surface area contributed by atoms with Gasteiger partial charge in [-0.15, -0.1) is 0 Å². The van der Waals surface area contributed by atoms with Crippen LogP contribution in [0.4, 0.5) is 0 Å². The predicted octanol–water partition coefficient (Wildman–Crippen LogP) is 12.0. The molecule has 14 rings (SSSR count). The maximum Gasteiger partial charge on any atom is 0.220 e. The minimum Gasteiger partial charge on any atom is -0.307 e. The Hall–Kier alpha value is -8.71. The number of rotatable bonds is 7. The van der Waals surface area contributed by atoms with Crippen molar-refractivity contribution in [3.8, 4) is 17.1 Å². The number of benzene rings is 10. The van der Waals surface area contributed by atoms with E-state index < -0.39 is 8.07 Å². The van der Waals surface area contributed by atoms with E-state index in [2.05, 4.69) is 267 Å². The number of para-hydroxylation sites is 8. The molecule has 10 aromatic carbocycles. The third-order valence-electron chi connectivity index (χ3n) is 14.1. The summed E-state index contributed by atoms with van der Waals surface area (Å²) in [7, 11) is -2.91. The summed E-state index contributed by atoms with van der Waals surface area (Å²) < 4.78 is 9.63. The topological polar surface area (TPSA) is 32.1 Å². The van der Waals surface area contributed by atoms with Gasteiger partial charge in [0, 0.05) is 27.2 Å². The lowest BCUT2D eigenvalue weighted by Crippen LogP contribution is -2.74. The minimum absolute atomic E-state index is 0.889. The van der Waals surface area contributed by atoms with Crippen molar-refractivity contribution in [2.45, 2.75) is 0 Å². The molecule has 0 saturated heterocycles. The molecule has 4 heterocycles. The standard InChI is InChI=1S/C61H41N5Si/c1-4-21-43(22-5-1)67(44-23-6-2-7-24-44,45-25-8-3-9-26-45)59-38-20-37-58-60(59)62-61-63(54-33-16-19-36-57(54)66(58)61)42-39-40-53-49(41-42)48-29-12-15-32-52(48)65(53)56-35-18-17-34-55(56)64-50-30-13-10-27-46(50)47-28-11-14-31-51(47)64/h1-41H. The van der Waals surface area contributed by atoms with Crippen molar-refractivity contribution < 1.29 is 0 Å². The van der Waals surface area contributed by atoms with E-state index in [9.17, 15) is 0 Å². The van der Waals surface area contributed by atoms with Crippen LogP contribution in [-0.2, 0) is 0 Å². The second kappa shape index (κ2) is 14.7. The van der Waals surface area contributed by atoms with Crippen LogP contribution in [0.3, 0.4) is 0 Å². The molecule has 0 atom stereocenters.